The van der Waals surface area contributed by atoms with Crippen LogP contribution < -0.4 is 10.6 Å². The standard InChI is InChI=1S/C17H26N4O3/c1-3-5-14(18)16(22)21-10-8-20(9-11-21)15-7-6-13(12-19-15)17(23)24-4-2/h6-7,12,14H,3-5,8-11,18H2,1-2H3. The Morgan fingerprint density at radius 2 is 1.96 bits per heavy atom. The number of esters is 1. The van der Waals surface area contributed by atoms with E-state index >= 15 is 0 Å². The number of nitrogens with zero attached hydrogens (tertiary/aromatic N) is 3. The summed E-state index contributed by atoms with van der Waals surface area (Å²) in [5, 5.41) is 0. The lowest BCUT2D eigenvalue weighted by atomic mass is 10.1. The number of rotatable bonds is 6. The number of nitrogens with two attached hydrogens (primary N) is 1. The van der Waals surface area contributed by atoms with Gasteiger partial charge in [-0.3, -0.25) is 4.79 Å². The van der Waals surface area contributed by atoms with Crippen molar-refractivity contribution in [2.24, 2.45) is 5.73 Å². The summed E-state index contributed by atoms with van der Waals surface area (Å²) in [4.78, 5) is 32.1. The first-order valence-electron chi connectivity index (χ1n) is 8.49. The zero-order valence-electron chi connectivity index (χ0n) is 14.4. The predicted octanol–water partition coefficient (Wildman–Crippen LogP) is 1.03. The third-order valence-electron chi connectivity index (χ3n) is 4.09. The Morgan fingerprint density at radius 3 is 2.50 bits per heavy atom. The molecule has 132 valence electrons. The number of hydrogen-bond donors (Lipinski definition) is 1. The Bertz CT molecular complexity index is 553. The molecule has 0 spiro atoms. The molecule has 1 saturated heterocycles. The molecule has 0 aliphatic carbocycles. The number of pyridine rings is 1. The Morgan fingerprint density at radius 1 is 1.25 bits per heavy atom. The zero-order chi connectivity index (χ0) is 17.5. The van der Waals surface area contributed by atoms with E-state index in [1.54, 1.807) is 13.0 Å². The zero-order valence-corrected chi connectivity index (χ0v) is 14.4. The van der Waals surface area contributed by atoms with Crippen LogP contribution in [0.2, 0.25) is 0 Å². The Hall–Kier alpha value is -2.15. The van der Waals surface area contributed by atoms with Crippen LogP contribution in [0.3, 0.4) is 0 Å². The maximum atomic E-state index is 12.2. The second kappa shape index (κ2) is 8.63. The van der Waals surface area contributed by atoms with Gasteiger partial charge in [0.2, 0.25) is 5.91 Å². The summed E-state index contributed by atoms with van der Waals surface area (Å²) in [6, 6.07) is 3.13. The minimum absolute atomic E-state index is 0.0297. The molecule has 1 unspecified atom stereocenters. The summed E-state index contributed by atoms with van der Waals surface area (Å²) < 4.78 is 4.95. The number of carbonyl (C=O) groups excluding carboxylic acids is 2. The van der Waals surface area contributed by atoms with Gasteiger partial charge >= 0.3 is 5.97 Å². The number of hydrogen-bond acceptors (Lipinski definition) is 6. The number of amides is 1. The molecule has 2 rings (SSSR count). The molecule has 1 aliphatic heterocycles. The fourth-order valence-electron chi connectivity index (χ4n) is 2.73. The molecule has 7 heteroatoms. The molecule has 7 nitrogen and oxygen atoms in total. The van der Waals surface area contributed by atoms with Gasteiger partial charge in [-0.1, -0.05) is 13.3 Å². The molecule has 1 aromatic rings. The van der Waals surface area contributed by atoms with E-state index < -0.39 is 6.04 Å². The summed E-state index contributed by atoms with van der Waals surface area (Å²) in [5.74, 6) is 0.465. The summed E-state index contributed by atoms with van der Waals surface area (Å²) in [6.45, 7) is 6.82. The summed E-state index contributed by atoms with van der Waals surface area (Å²) in [6.07, 6.45) is 3.15. The molecule has 24 heavy (non-hydrogen) atoms. The van der Waals surface area contributed by atoms with Gasteiger partial charge in [0, 0.05) is 32.4 Å². The lowest BCUT2D eigenvalue weighted by molar-refractivity contribution is -0.133. The minimum Gasteiger partial charge on any atom is -0.462 e. The maximum absolute atomic E-state index is 12.2. The van der Waals surface area contributed by atoms with Crippen LogP contribution in [0.5, 0.6) is 0 Å². The molecule has 1 amide bonds. The summed E-state index contributed by atoms with van der Waals surface area (Å²) in [7, 11) is 0. The van der Waals surface area contributed by atoms with E-state index in [9.17, 15) is 9.59 Å². The van der Waals surface area contributed by atoms with Crippen molar-refractivity contribution in [1.82, 2.24) is 9.88 Å². The fourth-order valence-corrected chi connectivity index (χ4v) is 2.73. The second-order valence-electron chi connectivity index (χ2n) is 5.83. The largest absolute Gasteiger partial charge is 0.462 e. The molecule has 0 bridgehead atoms. The average Bonchev–Trinajstić information content (AvgIpc) is 2.62. The van der Waals surface area contributed by atoms with Gasteiger partial charge in [-0.2, -0.15) is 0 Å². The van der Waals surface area contributed by atoms with Crippen molar-refractivity contribution >= 4 is 17.7 Å². The van der Waals surface area contributed by atoms with Crippen LogP contribution in [-0.4, -0.2) is 60.6 Å². The minimum atomic E-state index is -0.400. The molecule has 1 aliphatic rings. The quantitative estimate of drug-likeness (QED) is 0.782. The SMILES string of the molecule is CCCC(N)C(=O)N1CCN(c2ccc(C(=O)OCC)cn2)CC1. The highest BCUT2D eigenvalue weighted by Gasteiger charge is 2.25. The normalized spacial score (nSPS) is 16.0. The lowest BCUT2D eigenvalue weighted by Gasteiger charge is -2.36. The Kier molecular flexibility index (Phi) is 6.54. The molecule has 0 saturated carbocycles. The lowest BCUT2D eigenvalue weighted by Crippen LogP contribution is -2.53. The first-order valence-corrected chi connectivity index (χ1v) is 8.49. The smallest absolute Gasteiger partial charge is 0.339 e. The highest BCUT2D eigenvalue weighted by Crippen LogP contribution is 2.15. The first kappa shape index (κ1) is 18.2. The molecule has 0 aromatic carbocycles. The highest BCUT2D eigenvalue weighted by atomic mass is 16.5. The van der Waals surface area contributed by atoms with Gasteiger partial charge < -0.3 is 20.3 Å². The van der Waals surface area contributed by atoms with Crippen molar-refractivity contribution in [1.29, 1.82) is 0 Å². The van der Waals surface area contributed by atoms with E-state index in [1.807, 2.05) is 17.9 Å². The van der Waals surface area contributed by atoms with Crippen LogP contribution in [0.15, 0.2) is 18.3 Å². The monoisotopic (exact) mass is 334 g/mol. The molecule has 0 radical (unpaired) electrons. The fraction of sp³-hybridized carbons (Fsp3) is 0.588. The van der Waals surface area contributed by atoms with Crippen LogP contribution >= 0.6 is 0 Å². The van der Waals surface area contributed by atoms with E-state index in [2.05, 4.69) is 9.88 Å². The van der Waals surface area contributed by atoms with Crippen molar-refractivity contribution in [3.63, 3.8) is 0 Å². The van der Waals surface area contributed by atoms with Crippen LogP contribution in [0.25, 0.3) is 0 Å². The number of anilines is 1. The maximum Gasteiger partial charge on any atom is 0.339 e. The first-order chi connectivity index (χ1) is 11.6. The number of aromatic nitrogens is 1. The summed E-state index contributed by atoms with van der Waals surface area (Å²) in [5.41, 5.74) is 6.36. The van der Waals surface area contributed by atoms with Gasteiger partial charge in [-0.15, -0.1) is 0 Å². The third kappa shape index (κ3) is 4.44. The molecule has 2 N–H and O–H groups in total. The number of piperazine rings is 1. The van der Waals surface area contributed by atoms with Crippen LogP contribution in [0, 0.1) is 0 Å². The number of carbonyl (C=O) groups is 2. The van der Waals surface area contributed by atoms with Crippen LogP contribution in [0.1, 0.15) is 37.0 Å². The van der Waals surface area contributed by atoms with E-state index in [4.69, 9.17) is 10.5 Å². The van der Waals surface area contributed by atoms with Crippen molar-refractivity contribution < 1.29 is 14.3 Å². The van der Waals surface area contributed by atoms with E-state index in [0.29, 0.717) is 38.3 Å². The van der Waals surface area contributed by atoms with E-state index in [0.717, 1.165) is 18.7 Å². The van der Waals surface area contributed by atoms with Gasteiger partial charge in [-0.05, 0) is 25.5 Å². The predicted molar refractivity (Wildman–Crippen MR) is 91.9 cm³/mol. The van der Waals surface area contributed by atoms with Gasteiger partial charge in [0.25, 0.3) is 0 Å². The molecule has 1 fully saturated rings. The van der Waals surface area contributed by atoms with Crippen molar-refractivity contribution in [2.45, 2.75) is 32.7 Å². The Labute approximate surface area is 142 Å². The van der Waals surface area contributed by atoms with Gasteiger partial charge in [0.1, 0.15) is 5.82 Å². The highest BCUT2D eigenvalue weighted by molar-refractivity contribution is 5.89. The van der Waals surface area contributed by atoms with Gasteiger partial charge in [-0.25, -0.2) is 9.78 Å². The van der Waals surface area contributed by atoms with E-state index in [1.165, 1.54) is 6.20 Å². The van der Waals surface area contributed by atoms with E-state index in [-0.39, 0.29) is 11.9 Å². The average molecular weight is 334 g/mol. The van der Waals surface area contributed by atoms with Crippen LogP contribution in [-0.2, 0) is 9.53 Å². The molecule has 2 heterocycles. The van der Waals surface area contributed by atoms with Crippen LogP contribution in [0.4, 0.5) is 5.82 Å². The topological polar surface area (TPSA) is 88.8 Å². The third-order valence-corrected chi connectivity index (χ3v) is 4.09. The molecule has 1 atom stereocenters. The van der Waals surface area contributed by atoms with Crippen molar-refractivity contribution in [2.75, 3.05) is 37.7 Å². The second-order valence-corrected chi connectivity index (χ2v) is 5.83. The van der Waals surface area contributed by atoms with Gasteiger partial charge in [0.05, 0.1) is 18.2 Å². The summed E-state index contributed by atoms with van der Waals surface area (Å²) >= 11 is 0. The molecule has 1 aromatic heterocycles. The number of ether oxygens (including phenoxy) is 1. The van der Waals surface area contributed by atoms with Gasteiger partial charge in [0.15, 0.2) is 0 Å². The molecular formula is C17H26N4O3. The molecular weight excluding hydrogens is 308 g/mol. The Balaban J connectivity index is 1.90. The van der Waals surface area contributed by atoms with Crippen molar-refractivity contribution in [3.8, 4) is 0 Å². The van der Waals surface area contributed by atoms with Crippen molar-refractivity contribution in [3.05, 3.63) is 23.9 Å².